The highest BCUT2D eigenvalue weighted by atomic mass is 79.9. The largest absolute Gasteiger partial charge is 0.491 e. The van der Waals surface area contributed by atoms with Crippen molar-refractivity contribution in [3.8, 4) is 5.75 Å². The first-order chi connectivity index (χ1) is 7.81. The van der Waals surface area contributed by atoms with Crippen molar-refractivity contribution >= 4 is 27.0 Å². The summed E-state index contributed by atoms with van der Waals surface area (Å²) < 4.78 is 5.67. The first-order valence-electron chi connectivity index (χ1n) is 5.22. The van der Waals surface area contributed by atoms with E-state index in [9.17, 15) is 0 Å². The molecule has 2 rings (SSSR count). The molecule has 0 atom stereocenters. The third-order valence-electron chi connectivity index (χ3n) is 2.19. The van der Waals surface area contributed by atoms with Gasteiger partial charge in [0.25, 0.3) is 0 Å². The highest BCUT2D eigenvalue weighted by Gasteiger charge is 2.04. The maximum atomic E-state index is 5.67. The van der Waals surface area contributed by atoms with E-state index in [1.54, 1.807) is 6.20 Å². The Morgan fingerprint density at radius 1 is 1.38 bits per heavy atom. The van der Waals surface area contributed by atoms with Gasteiger partial charge in [0.2, 0.25) is 0 Å². The molecular formula is C12H13BrN2O. The minimum Gasteiger partial charge on any atom is -0.491 e. The van der Waals surface area contributed by atoms with Gasteiger partial charge in [-0.05, 0) is 25.5 Å². The van der Waals surface area contributed by atoms with Crippen LogP contribution in [0, 0.1) is 6.92 Å². The van der Waals surface area contributed by atoms with Crippen molar-refractivity contribution in [3.63, 3.8) is 0 Å². The zero-order valence-electron chi connectivity index (χ0n) is 9.11. The number of hydrogen-bond acceptors (Lipinski definition) is 3. The van der Waals surface area contributed by atoms with Crippen LogP contribution in [0.3, 0.4) is 0 Å². The molecule has 0 aliphatic heterocycles. The Labute approximate surface area is 103 Å². The van der Waals surface area contributed by atoms with Gasteiger partial charge in [-0.25, -0.2) is 9.97 Å². The van der Waals surface area contributed by atoms with E-state index in [-0.39, 0.29) is 0 Å². The first-order valence-corrected chi connectivity index (χ1v) is 6.34. The predicted octanol–water partition coefficient (Wildman–Crippen LogP) is 3.10. The van der Waals surface area contributed by atoms with Crippen LogP contribution >= 0.6 is 15.9 Å². The van der Waals surface area contributed by atoms with Gasteiger partial charge in [0.1, 0.15) is 11.3 Å². The van der Waals surface area contributed by atoms with Crippen molar-refractivity contribution in [3.05, 3.63) is 30.1 Å². The van der Waals surface area contributed by atoms with Crippen LogP contribution in [0.1, 0.15) is 12.1 Å². The van der Waals surface area contributed by atoms with Crippen LogP contribution in [0.15, 0.2) is 24.4 Å². The molecule has 0 bridgehead atoms. The Bertz CT molecular complexity index is 487. The highest BCUT2D eigenvalue weighted by molar-refractivity contribution is 9.09. The number of rotatable bonds is 4. The van der Waals surface area contributed by atoms with E-state index in [1.165, 1.54) is 0 Å². The van der Waals surface area contributed by atoms with Crippen LogP contribution < -0.4 is 4.74 Å². The van der Waals surface area contributed by atoms with E-state index < -0.39 is 0 Å². The van der Waals surface area contributed by atoms with Crippen LogP contribution in [0.2, 0.25) is 0 Å². The van der Waals surface area contributed by atoms with E-state index in [4.69, 9.17) is 4.74 Å². The fourth-order valence-corrected chi connectivity index (χ4v) is 1.69. The number of nitrogens with zero attached hydrogens (tertiary/aromatic N) is 2. The second kappa shape index (κ2) is 5.25. The summed E-state index contributed by atoms with van der Waals surface area (Å²) in [4.78, 5) is 8.77. The number of aryl methyl sites for hydroxylation is 1. The smallest absolute Gasteiger partial charge is 0.147 e. The average Bonchev–Trinajstić information content (AvgIpc) is 2.29. The number of alkyl halides is 1. The molecule has 0 saturated heterocycles. The third-order valence-corrected chi connectivity index (χ3v) is 2.75. The van der Waals surface area contributed by atoms with Gasteiger partial charge in [0.05, 0.1) is 17.8 Å². The summed E-state index contributed by atoms with van der Waals surface area (Å²) in [7, 11) is 0. The molecule has 0 spiro atoms. The molecular weight excluding hydrogens is 268 g/mol. The Morgan fingerprint density at radius 3 is 3.06 bits per heavy atom. The normalized spacial score (nSPS) is 10.6. The van der Waals surface area contributed by atoms with Crippen LogP contribution in [-0.4, -0.2) is 21.9 Å². The fraction of sp³-hybridized carbons (Fsp3) is 0.333. The third kappa shape index (κ3) is 2.50. The number of aromatic nitrogens is 2. The summed E-state index contributed by atoms with van der Waals surface area (Å²) >= 11 is 3.37. The van der Waals surface area contributed by atoms with Gasteiger partial charge in [0.15, 0.2) is 0 Å². The van der Waals surface area contributed by atoms with Gasteiger partial charge in [-0.3, -0.25) is 0 Å². The second-order valence-corrected chi connectivity index (χ2v) is 4.32. The molecule has 3 nitrogen and oxygen atoms in total. The summed E-state index contributed by atoms with van der Waals surface area (Å²) in [5.41, 5.74) is 2.64. The molecule has 0 saturated carbocycles. The summed E-state index contributed by atoms with van der Waals surface area (Å²) in [5.74, 6) is 0.811. The van der Waals surface area contributed by atoms with Gasteiger partial charge in [0, 0.05) is 11.5 Å². The van der Waals surface area contributed by atoms with Crippen molar-refractivity contribution in [2.45, 2.75) is 13.3 Å². The monoisotopic (exact) mass is 280 g/mol. The number of halogens is 1. The predicted molar refractivity (Wildman–Crippen MR) is 68.2 cm³/mol. The lowest BCUT2D eigenvalue weighted by atomic mass is 10.2. The van der Waals surface area contributed by atoms with Crippen LogP contribution in [0.25, 0.3) is 11.0 Å². The van der Waals surface area contributed by atoms with Gasteiger partial charge in [-0.1, -0.05) is 22.0 Å². The highest BCUT2D eigenvalue weighted by Crippen LogP contribution is 2.22. The van der Waals surface area contributed by atoms with E-state index in [1.807, 2.05) is 25.1 Å². The standard InChI is InChI=1S/C12H13BrN2O/c1-9-8-14-12-10(15-9)4-2-5-11(12)16-7-3-6-13/h2,4-5,8H,3,6-7H2,1H3. The first kappa shape index (κ1) is 11.3. The molecule has 84 valence electrons. The molecule has 0 aliphatic rings. The van der Waals surface area contributed by atoms with E-state index in [2.05, 4.69) is 25.9 Å². The maximum Gasteiger partial charge on any atom is 0.147 e. The maximum absolute atomic E-state index is 5.67. The lowest BCUT2D eigenvalue weighted by Gasteiger charge is -2.07. The SMILES string of the molecule is Cc1cnc2c(OCCCBr)cccc2n1. The molecule has 2 aromatic rings. The molecule has 0 amide bonds. The molecule has 0 N–H and O–H groups in total. The van der Waals surface area contributed by atoms with Gasteiger partial charge < -0.3 is 4.74 Å². The molecule has 1 heterocycles. The number of ether oxygens (including phenoxy) is 1. The Kier molecular flexibility index (Phi) is 3.72. The summed E-state index contributed by atoms with van der Waals surface area (Å²) in [6.45, 7) is 2.63. The lowest BCUT2D eigenvalue weighted by molar-refractivity contribution is 0.322. The van der Waals surface area contributed by atoms with Crippen LogP contribution in [0.5, 0.6) is 5.75 Å². The van der Waals surface area contributed by atoms with E-state index >= 15 is 0 Å². The van der Waals surface area contributed by atoms with Crippen molar-refractivity contribution in [2.75, 3.05) is 11.9 Å². The molecule has 4 heteroatoms. The summed E-state index contributed by atoms with van der Waals surface area (Å²) in [5, 5.41) is 0.947. The minimum absolute atomic E-state index is 0.694. The topological polar surface area (TPSA) is 35.0 Å². The summed E-state index contributed by atoms with van der Waals surface area (Å²) in [6, 6.07) is 5.83. The molecule has 0 radical (unpaired) electrons. The molecule has 0 unspecified atom stereocenters. The van der Waals surface area contributed by atoms with Gasteiger partial charge in [-0.15, -0.1) is 0 Å². The molecule has 0 fully saturated rings. The quantitative estimate of drug-likeness (QED) is 0.638. The van der Waals surface area contributed by atoms with E-state index in [0.717, 1.165) is 34.2 Å². The van der Waals surface area contributed by atoms with Crippen molar-refractivity contribution < 1.29 is 4.74 Å². The zero-order valence-corrected chi connectivity index (χ0v) is 10.7. The number of fused-ring (bicyclic) bond motifs is 1. The molecule has 1 aromatic heterocycles. The minimum atomic E-state index is 0.694. The Morgan fingerprint density at radius 2 is 2.25 bits per heavy atom. The van der Waals surface area contributed by atoms with Crippen LogP contribution in [-0.2, 0) is 0 Å². The van der Waals surface area contributed by atoms with Gasteiger partial charge >= 0.3 is 0 Å². The number of para-hydroxylation sites is 1. The second-order valence-electron chi connectivity index (χ2n) is 3.53. The zero-order chi connectivity index (χ0) is 11.4. The number of hydrogen-bond donors (Lipinski definition) is 0. The molecule has 16 heavy (non-hydrogen) atoms. The van der Waals surface area contributed by atoms with Crippen LogP contribution in [0.4, 0.5) is 0 Å². The van der Waals surface area contributed by atoms with Gasteiger partial charge in [-0.2, -0.15) is 0 Å². The average molecular weight is 281 g/mol. The fourth-order valence-electron chi connectivity index (χ4n) is 1.46. The number of benzene rings is 1. The van der Waals surface area contributed by atoms with E-state index in [0.29, 0.717) is 6.61 Å². The van der Waals surface area contributed by atoms with Crippen molar-refractivity contribution in [2.24, 2.45) is 0 Å². The summed E-state index contributed by atoms with van der Waals surface area (Å²) in [6.07, 6.45) is 2.75. The molecule has 1 aromatic carbocycles. The van der Waals surface area contributed by atoms with Crippen molar-refractivity contribution in [1.29, 1.82) is 0 Å². The Hall–Kier alpha value is -1.16. The Balaban J connectivity index is 2.30. The lowest BCUT2D eigenvalue weighted by Crippen LogP contribution is -1.99. The van der Waals surface area contributed by atoms with Crippen molar-refractivity contribution in [1.82, 2.24) is 9.97 Å². The molecule has 0 aliphatic carbocycles.